The lowest BCUT2D eigenvalue weighted by molar-refractivity contribution is -0.123. The average Bonchev–Trinajstić information content (AvgIpc) is 2.69. The molecule has 0 aliphatic heterocycles. The lowest BCUT2D eigenvalue weighted by atomic mass is 10.2. The molecule has 0 bridgehead atoms. The van der Waals surface area contributed by atoms with Crippen LogP contribution in [0.4, 0.5) is 0 Å². The lowest BCUT2D eigenvalue weighted by Crippen LogP contribution is -2.43. The molecule has 0 atom stereocenters. The Bertz CT molecular complexity index is 809. The van der Waals surface area contributed by atoms with Crippen molar-refractivity contribution in [1.82, 2.24) is 10.9 Å². The van der Waals surface area contributed by atoms with Crippen LogP contribution in [0.3, 0.4) is 0 Å². The highest BCUT2D eigenvalue weighted by Crippen LogP contribution is 2.26. The summed E-state index contributed by atoms with van der Waals surface area (Å²) in [6.45, 7) is 4.44. The fourth-order valence-electron chi connectivity index (χ4n) is 2.07. The number of hydrazine groups is 1. The maximum absolute atomic E-state index is 12.2. The van der Waals surface area contributed by atoms with Gasteiger partial charge in [-0.15, -0.1) is 0 Å². The molecule has 0 aromatic heterocycles. The Morgan fingerprint density at radius 2 is 1.68 bits per heavy atom. The zero-order valence-electron chi connectivity index (χ0n) is 16.0. The number of hydrogen-bond acceptors (Lipinski definition) is 5. The monoisotopic (exact) mass is 450 g/mol. The van der Waals surface area contributed by atoms with Crippen LogP contribution in [0.1, 0.15) is 24.2 Å². The Kier molecular flexibility index (Phi) is 8.13. The standard InChI is InChI=1S/C20H23BrN2O5/c1-13(2)11-28-18-9-4-14(10-17(18)21)20(25)23-22-19(24)12-27-16-7-5-15(26-3)6-8-16/h4-10,13H,11-12H2,1-3H3,(H,22,24)(H,23,25). The Morgan fingerprint density at radius 1 is 1.00 bits per heavy atom. The van der Waals surface area contributed by atoms with E-state index in [4.69, 9.17) is 14.2 Å². The van der Waals surface area contributed by atoms with Crippen LogP contribution in [-0.2, 0) is 4.79 Å². The van der Waals surface area contributed by atoms with Crippen molar-refractivity contribution in [2.45, 2.75) is 13.8 Å². The third kappa shape index (κ3) is 6.77. The molecule has 7 nitrogen and oxygen atoms in total. The molecule has 0 heterocycles. The quantitative estimate of drug-likeness (QED) is 0.602. The van der Waals surface area contributed by atoms with Gasteiger partial charge in [-0.3, -0.25) is 20.4 Å². The summed E-state index contributed by atoms with van der Waals surface area (Å²) in [4.78, 5) is 24.0. The van der Waals surface area contributed by atoms with Crippen molar-refractivity contribution in [2.24, 2.45) is 5.92 Å². The smallest absolute Gasteiger partial charge is 0.276 e. The van der Waals surface area contributed by atoms with Gasteiger partial charge in [0.1, 0.15) is 17.2 Å². The Hall–Kier alpha value is -2.74. The molecule has 0 fully saturated rings. The summed E-state index contributed by atoms with van der Waals surface area (Å²) < 4.78 is 16.7. The molecule has 0 spiro atoms. The number of amides is 2. The van der Waals surface area contributed by atoms with Crippen molar-refractivity contribution in [3.63, 3.8) is 0 Å². The predicted octanol–water partition coefficient (Wildman–Crippen LogP) is 3.33. The van der Waals surface area contributed by atoms with E-state index in [0.717, 1.165) is 0 Å². The molecule has 0 aliphatic carbocycles. The van der Waals surface area contributed by atoms with Crippen LogP contribution in [0, 0.1) is 5.92 Å². The molecule has 0 saturated carbocycles. The highest BCUT2D eigenvalue weighted by molar-refractivity contribution is 9.10. The van der Waals surface area contributed by atoms with Gasteiger partial charge < -0.3 is 14.2 Å². The number of nitrogens with one attached hydrogen (secondary N) is 2. The number of halogens is 1. The number of ether oxygens (including phenoxy) is 3. The summed E-state index contributed by atoms with van der Waals surface area (Å²) in [5.41, 5.74) is 5.04. The maximum Gasteiger partial charge on any atom is 0.276 e. The lowest BCUT2D eigenvalue weighted by Gasteiger charge is -2.12. The summed E-state index contributed by atoms with van der Waals surface area (Å²) in [7, 11) is 1.57. The molecule has 2 aromatic carbocycles. The summed E-state index contributed by atoms with van der Waals surface area (Å²) in [5.74, 6) is 1.32. The minimum Gasteiger partial charge on any atom is -0.497 e. The Labute approximate surface area is 172 Å². The zero-order valence-corrected chi connectivity index (χ0v) is 17.5. The molecule has 0 unspecified atom stereocenters. The number of hydrogen-bond donors (Lipinski definition) is 2. The fourth-order valence-corrected chi connectivity index (χ4v) is 2.56. The number of carbonyl (C=O) groups is 2. The van der Waals surface area contributed by atoms with Gasteiger partial charge in [0.05, 0.1) is 18.2 Å². The van der Waals surface area contributed by atoms with E-state index in [1.54, 1.807) is 49.6 Å². The summed E-state index contributed by atoms with van der Waals surface area (Å²) in [6.07, 6.45) is 0. The molecule has 2 amide bonds. The van der Waals surface area contributed by atoms with Gasteiger partial charge in [-0.05, 0) is 64.3 Å². The van der Waals surface area contributed by atoms with Crippen molar-refractivity contribution in [3.8, 4) is 17.2 Å². The molecule has 8 heteroatoms. The van der Waals surface area contributed by atoms with Crippen LogP contribution < -0.4 is 25.1 Å². The van der Waals surface area contributed by atoms with E-state index < -0.39 is 11.8 Å². The topological polar surface area (TPSA) is 85.9 Å². The van der Waals surface area contributed by atoms with E-state index in [1.165, 1.54) is 0 Å². The molecule has 0 saturated heterocycles. The second-order valence-electron chi connectivity index (χ2n) is 6.32. The van der Waals surface area contributed by atoms with Crippen molar-refractivity contribution < 1.29 is 23.8 Å². The molecule has 150 valence electrons. The van der Waals surface area contributed by atoms with E-state index in [2.05, 4.69) is 40.6 Å². The van der Waals surface area contributed by atoms with Crippen molar-refractivity contribution in [3.05, 3.63) is 52.5 Å². The van der Waals surface area contributed by atoms with Crippen LogP contribution in [0.25, 0.3) is 0 Å². The van der Waals surface area contributed by atoms with Gasteiger partial charge in [-0.25, -0.2) is 0 Å². The van der Waals surface area contributed by atoms with Crippen LogP contribution >= 0.6 is 15.9 Å². The molecule has 28 heavy (non-hydrogen) atoms. The van der Waals surface area contributed by atoms with Gasteiger partial charge in [0.25, 0.3) is 11.8 Å². The van der Waals surface area contributed by atoms with E-state index in [9.17, 15) is 9.59 Å². The van der Waals surface area contributed by atoms with E-state index in [0.29, 0.717) is 39.8 Å². The summed E-state index contributed by atoms with van der Waals surface area (Å²) in [6, 6.07) is 11.8. The van der Waals surface area contributed by atoms with Crippen molar-refractivity contribution >= 4 is 27.7 Å². The molecule has 2 rings (SSSR count). The number of carbonyl (C=O) groups excluding carboxylic acids is 2. The first-order chi connectivity index (χ1) is 13.4. The van der Waals surface area contributed by atoms with Crippen molar-refractivity contribution in [2.75, 3.05) is 20.3 Å². The first kappa shape index (κ1) is 21.6. The van der Waals surface area contributed by atoms with E-state index >= 15 is 0 Å². The van der Waals surface area contributed by atoms with Gasteiger partial charge in [-0.2, -0.15) is 0 Å². The number of methoxy groups -OCH3 is 1. The third-order valence-corrected chi connectivity index (χ3v) is 4.13. The van der Waals surface area contributed by atoms with Crippen LogP contribution in [0.15, 0.2) is 46.9 Å². The number of benzene rings is 2. The normalized spacial score (nSPS) is 10.3. The molecular formula is C20H23BrN2O5. The van der Waals surface area contributed by atoms with E-state index in [-0.39, 0.29) is 6.61 Å². The highest BCUT2D eigenvalue weighted by atomic mass is 79.9. The molecule has 2 N–H and O–H groups in total. The van der Waals surface area contributed by atoms with Gasteiger partial charge >= 0.3 is 0 Å². The first-order valence-electron chi connectivity index (χ1n) is 8.67. The van der Waals surface area contributed by atoms with Gasteiger partial charge in [0.2, 0.25) is 0 Å². The van der Waals surface area contributed by atoms with Gasteiger partial charge in [0, 0.05) is 5.56 Å². The van der Waals surface area contributed by atoms with Gasteiger partial charge in [-0.1, -0.05) is 13.8 Å². The van der Waals surface area contributed by atoms with Crippen LogP contribution in [-0.4, -0.2) is 32.1 Å². The largest absolute Gasteiger partial charge is 0.497 e. The molecule has 2 aromatic rings. The molecule has 0 radical (unpaired) electrons. The molecular weight excluding hydrogens is 428 g/mol. The Morgan fingerprint density at radius 3 is 2.29 bits per heavy atom. The van der Waals surface area contributed by atoms with Gasteiger partial charge in [0.15, 0.2) is 6.61 Å². The number of rotatable bonds is 8. The van der Waals surface area contributed by atoms with Crippen LogP contribution in [0.2, 0.25) is 0 Å². The second-order valence-corrected chi connectivity index (χ2v) is 7.17. The average molecular weight is 451 g/mol. The second kappa shape index (κ2) is 10.6. The van der Waals surface area contributed by atoms with Crippen molar-refractivity contribution in [1.29, 1.82) is 0 Å². The zero-order chi connectivity index (χ0) is 20.5. The van der Waals surface area contributed by atoms with Crippen LogP contribution in [0.5, 0.6) is 17.2 Å². The third-order valence-electron chi connectivity index (χ3n) is 3.51. The minimum absolute atomic E-state index is 0.238. The minimum atomic E-state index is -0.486. The SMILES string of the molecule is COc1ccc(OCC(=O)NNC(=O)c2ccc(OCC(C)C)c(Br)c2)cc1. The summed E-state index contributed by atoms with van der Waals surface area (Å²) in [5, 5.41) is 0. The maximum atomic E-state index is 12.2. The van der Waals surface area contributed by atoms with E-state index in [1.807, 2.05) is 0 Å². The summed E-state index contributed by atoms with van der Waals surface area (Å²) >= 11 is 3.39. The Balaban J connectivity index is 1.80. The molecule has 0 aliphatic rings. The fraction of sp³-hybridized carbons (Fsp3) is 0.300. The predicted molar refractivity (Wildman–Crippen MR) is 109 cm³/mol. The highest BCUT2D eigenvalue weighted by Gasteiger charge is 2.11. The first-order valence-corrected chi connectivity index (χ1v) is 9.46.